The lowest BCUT2D eigenvalue weighted by Crippen LogP contribution is -1.85. The van der Waals surface area contributed by atoms with E-state index in [-0.39, 0.29) is 0 Å². The molecule has 2 heteroatoms. The standard InChI is InChI=1S/C16H18O2/c1-2-3-4-5-13-6-8-14(9-7-13)16-11-10-15(12-17)18-16/h6-12H,2-5H2,1H3. The predicted molar refractivity (Wildman–Crippen MR) is 72.8 cm³/mol. The van der Waals surface area contributed by atoms with Crippen LogP contribution in [0.4, 0.5) is 0 Å². The lowest BCUT2D eigenvalue weighted by atomic mass is 10.0. The predicted octanol–water partition coefficient (Wildman–Crippen LogP) is 4.49. The zero-order chi connectivity index (χ0) is 12.8. The average molecular weight is 242 g/mol. The van der Waals surface area contributed by atoms with E-state index in [0.717, 1.165) is 24.0 Å². The number of rotatable bonds is 6. The Morgan fingerprint density at radius 3 is 2.44 bits per heavy atom. The molecule has 1 aromatic carbocycles. The van der Waals surface area contributed by atoms with Crippen molar-refractivity contribution in [3.05, 3.63) is 47.7 Å². The van der Waals surface area contributed by atoms with Crippen LogP contribution in [0, 0.1) is 0 Å². The molecule has 0 spiro atoms. The topological polar surface area (TPSA) is 30.2 Å². The summed E-state index contributed by atoms with van der Waals surface area (Å²) in [5.74, 6) is 1.12. The van der Waals surface area contributed by atoms with Gasteiger partial charge in [-0.05, 0) is 30.5 Å². The fourth-order valence-electron chi connectivity index (χ4n) is 1.99. The molecule has 0 aliphatic heterocycles. The largest absolute Gasteiger partial charge is 0.453 e. The van der Waals surface area contributed by atoms with Crippen molar-refractivity contribution >= 4 is 6.29 Å². The summed E-state index contributed by atoms with van der Waals surface area (Å²) in [6.07, 6.45) is 5.63. The van der Waals surface area contributed by atoms with Gasteiger partial charge in [-0.2, -0.15) is 0 Å². The van der Waals surface area contributed by atoms with Gasteiger partial charge in [0.1, 0.15) is 5.76 Å². The molecular formula is C16H18O2. The number of hydrogen-bond acceptors (Lipinski definition) is 2. The molecule has 0 fully saturated rings. The van der Waals surface area contributed by atoms with E-state index >= 15 is 0 Å². The van der Waals surface area contributed by atoms with Gasteiger partial charge < -0.3 is 4.42 Å². The minimum Gasteiger partial charge on any atom is -0.453 e. The van der Waals surface area contributed by atoms with Gasteiger partial charge in [0.25, 0.3) is 0 Å². The maximum atomic E-state index is 10.6. The monoisotopic (exact) mass is 242 g/mol. The summed E-state index contributed by atoms with van der Waals surface area (Å²) >= 11 is 0. The summed E-state index contributed by atoms with van der Waals surface area (Å²) in [6, 6.07) is 11.9. The quantitative estimate of drug-likeness (QED) is 0.551. The molecule has 18 heavy (non-hydrogen) atoms. The van der Waals surface area contributed by atoms with Gasteiger partial charge in [-0.15, -0.1) is 0 Å². The highest BCUT2D eigenvalue weighted by Gasteiger charge is 2.03. The van der Waals surface area contributed by atoms with Crippen LogP contribution in [0.2, 0.25) is 0 Å². The number of furan rings is 1. The van der Waals surface area contributed by atoms with Crippen molar-refractivity contribution in [2.45, 2.75) is 32.6 Å². The molecule has 0 aliphatic carbocycles. The molecule has 1 heterocycles. The van der Waals surface area contributed by atoms with Crippen molar-refractivity contribution in [1.29, 1.82) is 0 Å². The van der Waals surface area contributed by atoms with Crippen molar-refractivity contribution < 1.29 is 9.21 Å². The van der Waals surface area contributed by atoms with Crippen LogP contribution in [-0.4, -0.2) is 6.29 Å². The highest BCUT2D eigenvalue weighted by molar-refractivity contribution is 5.72. The summed E-state index contributed by atoms with van der Waals surface area (Å²) < 4.78 is 5.39. The van der Waals surface area contributed by atoms with E-state index in [2.05, 4.69) is 31.2 Å². The molecule has 0 atom stereocenters. The SMILES string of the molecule is CCCCCc1ccc(-c2ccc(C=O)o2)cc1. The van der Waals surface area contributed by atoms with Gasteiger partial charge in [-0.1, -0.05) is 44.0 Å². The first kappa shape index (κ1) is 12.6. The third-order valence-electron chi connectivity index (χ3n) is 3.05. The first-order chi connectivity index (χ1) is 8.83. The van der Waals surface area contributed by atoms with Gasteiger partial charge in [-0.3, -0.25) is 4.79 Å². The van der Waals surface area contributed by atoms with E-state index in [9.17, 15) is 4.79 Å². The van der Waals surface area contributed by atoms with E-state index in [1.807, 2.05) is 6.07 Å². The smallest absolute Gasteiger partial charge is 0.185 e. The third-order valence-corrected chi connectivity index (χ3v) is 3.05. The van der Waals surface area contributed by atoms with E-state index in [4.69, 9.17) is 4.42 Å². The first-order valence-corrected chi connectivity index (χ1v) is 6.48. The fraction of sp³-hybridized carbons (Fsp3) is 0.312. The van der Waals surface area contributed by atoms with Crippen LogP contribution in [-0.2, 0) is 6.42 Å². The van der Waals surface area contributed by atoms with E-state index < -0.39 is 0 Å². The molecule has 2 rings (SSSR count). The van der Waals surface area contributed by atoms with E-state index in [1.54, 1.807) is 6.07 Å². The normalized spacial score (nSPS) is 10.5. The molecule has 0 bridgehead atoms. The van der Waals surface area contributed by atoms with Gasteiger partial charge in [0.2, 0.25) is 0 Å². The van der Waals surface area contributed by atoms with Crippen LogP contribution in [0.25, 0.3) is 11.3 Å². The Morgan fingerprint density at radius 1 is 1.06 bits per heavy atom. The van der Waals surface area contributed by atoms with Crippen molar-refractivity contribution in [2.24, 2.45) is 0 Å². The minimum atomic E-state index is 0.372. The molecule has 0 aliphatic rings. The summed E-state index contributed by atoms with van der Waals surface area (Å²) in [5.41, 5.74) is 2.37. The Balaban J connectivity index is 2.04. The molecule has 2 nitrogen and oxygen atoms in total. The lowest BCUT2D eigenvalue weighted by Gasteiger charge is -2.02. The summed E-state index contributed by atoms with van der Waals surface area (Å²) in [4.78, 5) is 10.6. The second kappa shape index (κ2) is 6.20. The Hall–Kier alpha value is -1.83. The Kier molecular flexibility index (Phi) is 4.35. The number of benzene rings is 1. The molecular weight excluding hydrogens is 224 g/mol. The maximum Gasteiger partial charge on any atom is 0.185 e. The Morgan fingerprint density at radius 2 is 1.83 bits per heavy atom. The molecule has 0 N–H and O–H groups in total. The van der Waals surface area contributed by atoms with Gasteiger partial charge >= 0.3 is 0 Å². The maximum absolute atomic E-state index is 10.6. The second-order valence-electron chi connectivity index (χ2n) is 4.47. The number of aryl methyl sites for hydroxylation is 1. The van der Waals surface area contributed by atoms with Crippen molar-refractivity contribution in [1.82, 2.24) is 0 Å². The Bertz CT molecular complexity index is 494. The number of unbranched alkanes of at least 4 members (excludes halogenated alkanes) is 2. The van der Waals surface area contributed by atoms with Gasteiger partial charge in [0.05, 0.1) is 0 Å². The van der Waals surface area contributed by atoms with Crippen LogP contribution in [0.15, 0.2) is 40.8 Å². The molecule has 0 amide bonds. The number of aldehydes is 1. The molecule has 0 radical (unpaired) electrons. The molecule has 94 valence electrons. The molecule has 1 aromatic heterocycles. The number of carbonyl (C=O) groups is 1. The summed E-state index contributed by atoms with van der Waals surface area (Å²) in [6.45, 7) is 2.21. The van der Waals surface area contributed by atoms with Crippen LogP contribution < -0.4 is 0 Å². The van der Waals surface area contributed by atoms with Crippen molar-refractivity contribution in [2.75, 3.05) is 0 Å². The molecule has 0 unspecified atom stereocenters. The molecule has 2 aromatic rings. The van der Waals surface area contributed by atoms with Crippen molar-refractivity contribution in [3.63, 3.8) is 0 Å². The van der Waals surface area contributed by atoms with Crippen LogP contribution in [0.1, 0.15) is 42.3 Å². The van der Waals surface area contributed by atoms with Crippen LogP contribution in [0.5, 0.6) is 0 Å². The van der Waals surface area contributed by atoms with Gasteiger partial charge in [0.15, 0.2) is 12.0 Å². The van der Waals surface area contributed by atoms with E-state index in [1.165, 1.54) is 24.8 Å². The fourth-order valence-corrected chi connectivity index (χ4v) is 1.99. The highest BCUT2D eigenvalue weighted by atomic mass is 16.3. The summed E-state index contributed by atoms with van der Waals surface area (Å²) in [5, 5.41) is 0. The van der Waals surface area contributed by atoms with Crippen molar-refractivity contribution in [3.8, 4) is 11.3 Å². The zero-order valence-corrected chi connectivity index (χ0v) is 10.7. The lowest BCUT2D eigenvalue weighted by molar-refractivity contribution is 0.110. The number of hydrogen-bond donors (Lipinski definition) is 0. The minimum absolute atomic E-state index is 0.372. The first-order valence-electron chi connectivity index (χ1n) is 6.48. The number of carbonyl (C=O) groups excluding carboxylic acids is 1. The highest BCUT2D eigenvalue weighted by Crippen LogP contribution is 2.22. The summed E-state index contributed by atoms with van der Waals surface area (Å²) in [7, 11) is 0. The average Bonchev–Trinajstić information content (AvgIpc) is 2.89. The molecule has 0 saturated heterocycles. The van der Waals surface area contributed by atoms with Gasteiger partial charge in [-0.25, -0.2) is 0 Å². The van der Waals surface area contributed by atoms with Gasteiger partial charge in [0, 0.05) is 5.56 Å². The second-order valence-corrected chi connectivity index (χ2v) is 4.47. The van der Waals surface area contributed by atoms with Crippen LogP contribution >= 0.6 is 0 Å². The molecule has 0 saturated carbocycles. The zero-order valence-electron chi connectivity index (χ0n) is 10.7. The third kappa shape index (κ3) is 3.10. The Labute approximate surface area is 108 Å². The van der Waals surface area contributed by atoms with Crippen LogP contribution in [0.3, 0.4) is 0 Å². The van der Waals surface area contributed by atoms with E-state index in [0.29, 0.717) is 5.76 Å².